The normalized spacial score (nSPS) is 26.7. The molecule has 1 aliphatic rings. The number of likely N-dealkylation sites (N-methyl/N-ethyl adjacent to an activating group) is 1. The van der Waals surface area contributed by atoms with E-state index < -0.39 is 0 Å². The summed E-state index contributed by atoms with van der Waals surface area (Å²) in [6.07, 6.45) is 1.06. The summed E-state index contributed by atoms with van der Waals surface area (Å²) in [4.78, 5) is 0. The van der Waals surface area contributed by atoms with E-state index >= 15 is 0 Å². The minimum absolute atomic E-state index is 0.0551. The molecule has 0 aromatic heterocycles. The van der Waals surface area contributed by atoms with E-state index in [0.717, 1.165) is 13.0 Å². The van der Waals surface area contributed by atoms with Gasteiger partial charge in [-0.2, -0.15) is 0 Å². The van der Waals surface area contributed by atoms with Crippen molar-refractivity contribution in [1.29, 1.82) is 0 Å². The summed E-state index contributed by atoms with van der Waals surface area (Å²) in [6.45, 7) is 5.67. The number of halogens is 1. The number of rotatable bonds is 6. The standard InChI is InChI=1S/C14H20FNO2/c1-3-16-12-9-13(14(12)17-4-2)18-11-7-5-10(15)6-8-11/h5-8,12-14,16H,3-4,9H2,1-2H3. The van der Waals surface area contributed by atoms with Crippen LogP contribution in [0.2, 0.25) is 0 Å². The van der Waals surface area contributed by atoms with Crippen LogP contribution >= 0.6 is 0 Å². The molecule has 1 saturated carbocycles. The van der Waals surface area contributed by atoms with Gasteiger partial charge in [0.1, 0.15) is 23.8 Å². The van der Waals surface area contributed by atoms with Crippen molar-refractivity contribution in [3.8, 4) is 5.75 Å². The summed E-state index contributed by atoms with van der Waals surface area (Å²) >= 11 is 0. The molecule has 0 spiro atoms. The van der Waals surface area contributed by atoms with E-state index in [1.54, 1.807) is 12.1 Å². The van der Waals surface area contributed by atoms with Gasteiger partial charge in [0.25, 0.3) is 0 Å². The van der Waals surface area contributed by atoms with Crippen molar-refractivity contribution in [3.63, 3.8) is 0 Å². The van der Waals surface area contributed by atoms with Crippen LogP contribution in [0.5, 0.6) is 5.75 Å². The number of hydrogen-bond acceptors (Lipinski definition) is 3. The van der Waals surface area contributed by atoms with Crippen molar-refractivity contribution in [2.24, 2.45) is 0 Å². The molecule has 2 rings (SSSR count). The fraction of sp³-hybridized carbons (Fsp3) is 0.571. The molecule has 1 aromatic rings. The molecule has 0 aliphatic heterocycles. The van der Waals surface area contributed by atoms with Gasteiger partial charge in [-0.3, -0.25) is 0 Å². The summed E-state index contributed by atoms with van der Waals surface area (Å²) < 4.78 is 24.3. The molecule has 100 valence electrons. The van der Waals surface area contributed by atoms with Crippen LogP contribution in [0, 0.1) is 5.82 Å². The molecule has 0 heterocycles. The van der Waals surface area contributed by atoms with Crippen LogP contribution in [0.3, 0.4) is 0 Å². The maximum atomic E-state index is 12.8. The molecule has 1 aliphatic carbocycles. The number of ether oxygens (including phenoxy) is 2. The van der Waals surface area contributed by atoms with Crippen LogP contribution < -0.4 is 10.1 Å². The van der Waals surface area contributed by atoms with Crippen molar-refractivity contribution in [1.82, 2.24) is 5.32 Å². The third kappa shape index (κ3) is 3.00. The highest BCUT2D eigenvalue weighted by atomic mass is 19.1. The minimum Gasteiger partial charge on any atom is -0.488 e. The van der Waals surface area contributed by atoms with Gasteiger partial charge >= 0.3 is 0 Å². The van der Waals surface area contributed by atoms with Crippen LogP contribution in [0.1, 0.15) is 20.3 Å². The summed E-state index contributed by atoms with van der Waals surface area (Å²) in [5.74, 6) is 0.448. The zero-order valence-electron chi connectivity index (χ0n) is 10.9. The quantitative estimate of drug-likeness (QED) is 0.844. The highest BCUT2D eigenvalue weighted by Crippen LogP contribution is 2.29. The average Bonchev–Trinajstić information content (AvgIpc) is 2.37. The predicted molar refractivity (Wildman–Crippen MR) is 68.3 cm³/mol. The molecule has 3 unspecified atom stereocenters. The van der Waals surface area contributed by atoms with Crippen LogP contribution in [0.4, 0.5) is 4.39 Å². The second-order valence-corrected chi connectivity index (χ2v) is 4.43. The van der Waals surface area contributed by atoms with Gasteiger partial charge in [0, 0.05) is 19.1 Å². The minimum atomic E-state index is -0.247. The Hall–Kier alpha value is -1.13. The van der Waals surface area contributed by atoms with Gasteiger partial charge in [-0.1, -0.05) is 6.92 Å². The van der Waals surface area contributed by atoms with Gasteiger partial charge in [0.2, 0.25) is 0 Å². The van der Waals surface area contributed by atoms with Crippen LogP contribution in [-0.4, -0.2) is 31.4 Å². The Morgan fingerprint density at radius 2 is 2.00 bits per heavy atom. The Bertz CT molecular complexity index is 369. The van der Waals surface area contributed by atoms with Gasteiger partial charge in [-0.25, -0.2) is 4.39 Å². The van der Waals surface area contributed by atoms with Gasteiger partial charge in [0.05, 0.1) is 0 Å². The Kier molecular flexibility index (Phi) is 4.55. The smallest absolute Gasteiger partial charge is 0.128 e. The Labute approximate surface area is 107 Å². The topological polar surface area (TPSA) is 30.5 Å². The third-order valence-electron chi connectivity index (χ3n) is 3.18. The molecule has 3 nitrogen and oxygen atoms in total. The van der Waals surface area contributed by atoms with E-state index in [2.05, 4.69) is 12.2 Å². The maximum absolute atomic E-state index is 12.8. The zero-order valence-corrected chi connectivity index (χ0v) is 10.9. The molecule has 1 fully saturated rings. The Morgan fingerprint density at radius 3 is 2.61 bits per heavy atom. The van der Waals surface area contributed by atoms with E-state index in [1.807, 2.05) is 6.92 Å². The number of nitrogens with one attached hydrogen (secondary N) is 1. The van der Waals surface area contributed by atoms with E-state index in [9.17, 15) is 4.39 Å². The molecule has 3 atom stereocenters. The van der Waals surface area contributed by atoms with Crippen molar-refractivity contribution in [2.75, 3.05) is 13.2 Å². The molecule has 0 amide bonds. The second kappa shape index (κ2) is 6.16. The Balaban J connectivity index is 1.91. The maximum Gasteiger partial charge on any atom is 0.128 e. The monoisotopic (exact) mass is 253 g/mol. The SMILES string of the molecule is CCNC1CC(Oc2ccc(F)cc2)C1OCC. The zero-order chi connectivity index (χ0) is 13.0. The molecule has 0 saturated heterocycles. The molecule has 1 aromatic carbocycles. The van der Waals surface area contributed by atoms with Gasteiger partial charge < -0.3 is 14.8 Å². The molecule has 18 heavy (non-hydrogen) atoms. The number of benzene rings is 1. The second-order valence-electron chi connectivity index (χ2n) is 4.43. The molecule has 0 radical (unpaired) electrons. The first-order valence-corrected chi connectivity index (χ1v) is 6.51. The lowest BCUT2D eigenvalue weighted by Gasteiger charge is -2.44. The highest BCUT2D eigenvalue weighted by Gasteiger charge is 2.43. The van der Waals surface area contributed by atoms with Crippen LogP contribution in [0.15, 0.2) is 24.3 Å². The highest BCUT2D eigenvalue weighted by molar-refractivity contribution is 5.23. The Morgan fingerprint density at radius 1 is 1.28 bits per heavy atom. The summed E-state index contributed by atoms with van der Waals surface area (Å²) in [7, 11) is 0. The first kappa shape index (κ1) is 13.3. The van der Waals surface area contributed by atoms with E-state index in [0.29, 0.717) is 18.4 Å². The molecule has 1 N–H and O–H groups in total. The van der Waals surface area contributed by atoms with Gasteiger partial charge in [-0.05, 0) is 37.7 Å². The van der Waals surface area contributed by atoms with Crippen LogP contribution in [-0.2, 0) is 4.74 Å². The van der Waals surface area contributed by atoms with Crippen molar-refractivity contribution in [3.05, 3.63) is 30.1 Å². The lowest BCUT2D eigenvalue weighted by atomic mass is 9.85. The molecular weight excluding hydrogens is 233 g/mol. The predicted octanol–water partition coefficient (Wildman–Crippen LogP) is 2.36. The largest absolute Gasteiger partial charge is 0.488 e. The van der Waals surface area contributed by atoms with Gasteiger partial charge in [0.15, 0.2) is 0 Å². The van der Waals surface area contributed by atoms with E-state index in [4.69, 9.17) is 9.47 Å². The lowest BCUT2D eigenvalue weighted by molar-refractivity contribution is -0.104. The fourth-order valence-electron chi connectivity index (χ4n) is 2.26. The first-order valence-electron chi connectivity index (χ1n) is 6.51. The number of hydrogen-bond donors (Lipinski definition) is 1. The third-order valence-corrected chi connectivity index (χ3v) is 3.18. The summed E-state index contributed by atoms with van der Waals surface area (Å²) in [5, 5.41) is 3.38. The summed E-state index contributed by atoms with van der Waals surface area (Å²) in [6, 6.07) is 6.48. The van der Waals surface area contributed by atoms with Gasteiger partial charge in [-0.15, -0.1) is 0 Å². The first-order chi connectivity index (χ1) is 8.74. The van der Waals surface area contributed by atoms with Crippen molar-refractivity contribution >= 4 is 0 Å². The van der Waals surface area contributed by atoms with Crippen LogP contribution in [0.25, 0.3) is 0 Å². The molecule has 0 bridgehead atoms. The lowest BCUT2D eigenvalue weighted by Crippen LogP contribution is -2.61. The van der Waals surface area contributed by atoms with E-state index in [-0.39, 0.29) is 18.0 Å². The molecular formula is C14H20FNO2. The molecule has 4 heteroatoms. The summed E-state index contributed by atoms with van der Waals surface area (Å²) in [5.41, 5.74) is 0. The van der Waals surface area contributed by atoms with E-state index in [1.165, 1.54) is 12.1 Å². The van der Waals surface area contributed by atoms with Crippen molar-refractivity contribution < 1.29 is 13.9 Å². The fourth-order valence-corrected chi connectivity index (χ4v) is 2.26. The van der Waals surface area contributed by atoms with Crippen molar-refractivity contribution in [2.45, 2.75) is 38.5 Å². The average molecular weight is 253 g/mol.